The van der Waals surface area contributed by atoms with Crippen molar-refractivity contribution in [1.29, 1.82) is 0 Å². The molecule has 0 spiro atoms. The maximum atomic E-state index is 12.3. The second-order valence-electron chi connectivity index (χ2n) is 7.65. The molecular weight excluding hydrogens is 426 g/mol. The number of halogens is 1. The summed E-state index contributed by atoms with van der Waals surface area (Å²) < 4.78 is 4.57. The molecule has 0 heterocycles. The van der Waals surface area contributed by atoms with E-state index in [1.165, 1.54) is 7.11 Å². The van der Waals surface area contributed by atoms with Crippen molar-refractivity contribution in [3.63, 3.8) is 0 Å². The number of esters is 1. The van der Waals surface area contributed by atoms with Crippen LogP contribution in [0, 0.1) is 0 Å². The third-order valence-electron chi connectivity index (χ3n) is 5.24. The Morgan fingerprint density at radius 2 is 1.75 bits per heavy atom. The maximum absolute atomic E-state index is 12.3. The van der Waals surface area contributed by atoms with Gasteiger partial charge in [0.15, 0.2) is 0 Å². The summed E-state index contributed by atoms with van der Waals surface area (Å²) in [7, 11) is 1.20. The molecule has 0 aliphatic heterocycles. The largest absolute Gasteiger partial charge is 0.463 e. The van der Waals surface area contributed by atoms with E-state index in [4.69, 9.17) is 11.6 Å². The van der Waals surface area contributed by atoms with Crippen molar-refractivity contribution in [2.75, 3.05) is 13.7 Å². The average molecular weight is 452 g/mol. The number of carbonyl (C=O) groups is 2. The van der Waals surface area contributed by atoms with Gasteiger partial charge in [-0.1, -0.05) is 72.3 Å². The fourth-order valence-electron chi connectivity index (χ4n) is 3.53. The molecule has 166 valence electrons. The number of nitrogens with one attached hydrogen (secondary N) is 1. The van der Waals surface area contributed by atoms with Crippen LogP contribution in [-0.2, 0) is 16.0 Å². The number of Topliss-reactive ketones (excluding diaryl/α,β-unsaturated/α-hetero) is 1. The van der Waals surface area contributed by atoms with Crippen LogP contribution < -0.4 is 5.32 Å². The molecule has 3 rings (SSSR count). The van der Waals surface area contributed by atoms with Gasteiger partial charge >= 0.3 is 5.97 Å². The first-order chi connectivity index (χ1) is 15.4. The first-order valence-corrected chi connectivity index (χ1v) is 10.7. The molecule has 0 aromatic heterocycles. The van der Waals surface area contributed by atoms with Gasteiger partial charge in [0.2, 0.25) is 0 Å². The number of aliphatic hydroxyl groups excluding tert-OH is 1. The fourth-order valence-corrected chi connectivity index (χ4v) is 3.72. The highest BCUT2D eigenvalue weighted by Crippen LogP contribution is 2.25. The van der Waals surface area contributed by atoms with Crippen molar-refractivity contribution in [2.24, 2.45) is 0 Å². The van der Waals surface area contributed by atoms with Crippen LogP contribution in [0.3, 0.4) is 0 Å². The smallest absolute Gasteiger partial charge is 0.379 e. The zero-order valence-corrected chi connectivity index (χ0v) is 18.8. The van der Waals surface area contributed by atoms with Crippen LogP contribution in [0.1, 0.15) is 34.5 Å². The number of hydrogen-bond donors (Lipinski definition) is 2. The van der Waals surface area contributed by atoms with Gasteiger partial charge in [0.05, 0.1) is 13.2 Å². The van der Waals surface area contributed by atoms with Crippen LogP contribution in [0.5, 0.6) is 0 Å². The van der Waals surface area contributed by atoms with Crippen LogP contribution >= 0.6 is 11.6 Å². The number of methoxy groups -OCH3 is 1. The molecule has 0 saturated carbocycles. The molecule has 0 amide bonds. The zero-order chi connectivity index (χ0) is 23.1. The molecule has 2 atom stereocenters. The standard InChI is InChI=1S/C26H26ClNO4/c1-17(28-16-24(29)20-6-5-7-21(27)15-20)14-18-10-12-19(13-11-18)22-8-3-4-9-23(22)25(30)26(31)32-2/h3-13,15,17,24,28-29H,14,16H2,1-2H3. The quantitative estimate of drug-likeness (QED) is 0.282. The predicted molar refractivity (Wildman–Crippen MR) is 126 cm³/mol. The van der Waals surface area contributed by atoms with Crippen LogP contribution in [0.25, 0.3) is 11.1 Å². The Kier molecular flexibility index (Phi) is 8.17. The molecule has 3 aromatic rings. The van der Waals surface area contributed by atoms with Gasteiger partial charge in [-0.05, 0) is 47.7 Å². The van der Waals surface area contributed by atoms with Crippen molar-refractivity contribution >= 4 is 23.4 Å². The van der Waals surface area contributed by atoms with Gasteiger partial charge in [-0.2, -0.15) is 0 Å². The number of ether oxygens (including phenoxy) is 1. The second kappa shape index (κ2) is 11.0. The van der Waals surface area contributed by atoms with E-state index in [1.807, 2.05) is 48.5 Å². The van der Waals surface area contributed by atoms with Gasteiger partial charge in [0.1, 0.15) is 0 Å². The molecule has 0 saturated heterocycles. The van der Waals surface area contributed by atoms with E-state index in [9.17, 15) is 14.7 Å². The molecule has 0 fully saturated rings. The van der Waals surface area contributed by atoms with Crippen molar-refractivity contribution in [2.45, 2.75) is 25.5 Å². The Morgan fingerprint density at radius 3 is 2.44 bits per heavy atom. The lowest BCUT2D eigenvalue weighted by atomic mass is 9.95. The Bertz CT molecular complexity index is 1080. The molecule has 0 radical (unpaired) electrons. The van der Waals surface area contributed by atoms with E-state index >= 15 is 0 Å². The van der Waals surface area contributed by atoms with E-state index in [2.05, 4.69) is 17.0 Å². The number of aliphatic hydroxyl groups is 1. The minimum atomic E-state index is -0.881. The van der Waals surface area contributed by atoms with E-state index < -0.39 is 17.9 Å². The number of ketones is 1. The summed E-state index contributed by atoms with van der Waals surface area (Å²) in [5.41, 5.74) is 3.74. The van der Waals surface area contributed by atoms with Crippen LogP contribution in [0.4, 0.5) is 0 Å². The minimum absolute atomic E-state index is 0.142. The summed E-state index contributed by atoms with van der Waals surface area (Å²) in [6.45, 7) is 2.48. The van der Waals surface area contributed by atoms with Crippen molar-refractivity contribution in [3.05, 3.63) is 94.5 Å². The monoisotopic (exact) mass is 451 g/mol. The van der Waals surface area contributed by atoms with Gasteiger partial charge in [-0.15, -0.1) is 0 Å². The van der Waals surface area contributed by atoms with E-state index in [0.717, 1.165) is 23.1 Å². The molecule has 2 N–H and O–H groups in total. The number of rotatable bonds is 9. The Balaban J connectivity index is 1.63. The summed E-state index contributed by atoms with van der Waals surface area (Å²) in [4.78, 5) is 24.0. The van der Waals surface area contributed by atoms with Crippen molar-refractivity contribution in [3.8, 4) is 11.1 Å². The molecule has 32 heavy (non-hydrogen) atoms. The Morgan fingerprint density at radius 1 is 1.03 bits per heavy atom. The Labute approximate surface area is 193 Å². The molecule has 3 aromatic carbocycles. The van der Waals surface area contributed by atoms with Gasteiger partial charge in [-0.25, -0.2) is 4.79 Å². The van der Waals surface area contributed by atoms with E-state index in [1.54, 1.807) is 24.3 Å². The molecule has 0 aliphatic carbocycles. The number of carbonyl (C=O) groups excluding carboxylic acids is 2. The number of hydrogen-bond acceptors (Lipinski definition) is 5. The Hall–Kier alpha value is -2.99. The first-order valence-electron chi connectivity index (χ1n) is 10.4. The van der Waals surface area contributed by atoms with Gasteiger partial charge in [0, 0.05) is 23.2 Å². The highest BCUT2D eigenvalue weighted by Gasteiger charge is 2.20. The SMILES string of the molecule is COC(=O)C(=O)c1ccccc1-c1ccc(CC(C)NCC(O)c2cccc(Cl)c2)cc1. The molecule has 0 aliphatic rings. The third-order valence-corrected chi connectivity index (χ3v) is 5.48. The summed E-state index contributed by atoms with van der Waals surface area (Å²) in [5, 5.41) is 14.3. The summed E-state index contributed by atoms with van der Waals surface area (Å²) >= 11 is 5.99. The molecular formula is C26H26ClNO4. The lowest BCUT2D eigenvalue weighted by Gasteiger charge is -2.18. The van der Waals surface area contributed by atoms with Crippen LogP contribution in [-0.4, -0.2) is 36.6 Å². The maximum Gasteiger partial charge on any atom is 0.379 e. The molecule has 0 bridgehead atoms. The zero-order valence-electron chi connectivity index (χ0n) is 18.0. The molecule has 2 unspecified atom stereocenters. The summed E-state index contributed by atoms with van der Waals surface area (Å²) in [6.07, 6.45) is 0.132. The second-order valence-corrected chi connectivity index (χ2v) is 8.08. The lowest BCUT2D eigenvalue weighted by molar-refractivity contribution is -0.135. The normalized spacial score (nSPS) is 12.8. The van der Waals surface area contributed by atoms with Crippen molar-refractivity contribution < 1.29 is 19.4 Å². The summed E-state index contributed by atoms with van der Waals surface area (Å²) in [5.74, 6) is -1.54. The van der Waals surface area contributed by atoms with Gasteiger partial charge in [-0.3, -0.25) is 4.79 Å². The fraction of sp³-hybridized carbons (Fsp3) is 0.231. The molecule has 6 heteroatoms. The van der Waals surface area contributed by atoms with Crippen LogP contribution in [0.15, 0.2) is 72.8 Å². The van der Waals surface area contributed by atoms with Crippen LogP contribution in [0.2, 0.25) is 5.02 Å². The highest BCUT2D eigenvalue weighted by molar-refractivity contribution is 6.41. The number of benzene rings is 3. The highest BCUT2D eigenvalue weighted by atomic mass is 35.5. The van der Waals surface area contributed by atoms with E-state index in [-0.39, 0.29) is 6.04 Å². The van der Waals surface area contributed by atoms with E-state index in [0.29, 0.717) is 22.7 Å². The van der Waals surface area contributed by atoms with Gasteiger partial charge in [0.25, 0.3) is 5.78 Å². The topological polar surface area (TPSA) is 75.6 Å². The minimum Gasteiger partial charge on any atom is -0.463 e. The van der Waals surface area contributed by atoms with Gasteiger partial charge < -0.3 is 15.2 Å². The first kappa shape index (κ1) is 23.7. The summed E-state index contributed by atoms with van der Waals surface area (Å²) in [6, 6.07) is 22.2. The lowest BCUT2D eigenvalue weighted by Crippen LogP contribution is -2.32. The van der Waals surface area contributed by atoms with Crippen molar-refractivity contribution in [1.82, 2.24) is 5.32 Å². The molecule has 5 nitrogen and oxygen atoms in total. The third kappa shape index (κ3) is 6.04. The average Bonchev–Trinajstić information content (AvgIpc) is 2.82. The predicted octanol–water partition coefficient (Wildman–Crippen LogP) is 4.62.